The standard InChI is InChI=1S/C17H19N3O4/c1-19(11-13-3-7-15(8-4-13)20(22)23)12-17(21)18-14-5-9-16(24-2)10-6-14/h3-10H,11-12H2,1-2H3,(H,18,21). The lowest BCUT2D eigenvalue weighted by molar-refractivity contribution is -0.384. The van der Waals surface area contributed by atoms with Crippen molar-refractivity contribution in [2.45, 2.75) is 6.54 Å². The molecule has 0 aliphatic heterocycles. The van der Waals surface area contributed by atoms with Crippen molar-refractivity contribution < 1.29 is 14.5 Å². The molecular formula is C17H19N3O4. The number of nitro groups is 1. The molecule has 2 rings (SSSR count). The molecular weight excluding hydrogens is 310 g/mol. The number of nitrogens with zero attached hydrogens (tertiary/aromatic N) is 2. The highest BCUT2D eigenvalue weighted by atomic mass is 16.6. The Kier molecular flexibility index (Phi) is 5.86. The molecule has 0 spiro atoms. The van der Waals surface area contributed by atoms with Crippen LogP contribution in [0.15, 0.2) is 48.5 Å². The predicted molar refractivity (Wildman–Crippen MR) is 91.1 cm³/mol. The Balaban J connectivity index is 1.85. The number of amides is 1. The van der Waals surface area contributed by atoms with Crippen LogP contribution in [0.25, 0.3) is 0 Å². The normalized spacial score (nSPS) is 10.5. The number of hydrogen-bond acceptors (Lipinski definition) is 5. The number of benzene rings is 2. The third kappa shape index (κ3) is 5.06. The van der Waals surface area contributed by atoms with Crippen LogP contribution in [0.2, 0.25) is 0 Å². The van der Waals surface area contributed by atoms with Crippen LogP contribution < -0.4 is 10.1 Å². The van der Waals surface area contributed by atoms with Gasteiger partial charge in [-0.05, 0) is 36.9 Å². The van der Waals surface area contributed by atoms with Gasteiger partial charge in [0, 0.05) is 24.4 Å². The summed E-state index contributed by atoms with van der Waals surface area (Å²) in [6, 6.07) is 13.4. The first-order valence-electron chi connectivity index (χ1n) is 7.33. The summed E-state index contributed by atoms with van der Waals surface area (Å²) in [6.07, 6.45) is 0. The number of non-ortho nitro benzene ring substituents is 1. The molecule has 0 atom stereocenters. The van der Waals surface area contributed by atoms with Crippen LogP contribution in [0, 0.1) is 10.1 Å². The molecule has 126 valence electrons. The Hall–Kier alpha value is -2.93. The van der Waals surface area contributed by atoms with Gasteiger partial charge in [-0.25, -0.2) is 0 Å². The van der Waals surface area contributed by atoms with E-state index in [0.717, 1.165) is 11.3 Å². The Morgan fingerprint density at radius 2 is 1.79 bits per heavy atom. The second kappa shape index (κ2) is 8.07. The van der Waals surface area contributed by atoms with E-state index in [2.05, 4.69) is 5.32 Å². The van der Waals surface area contributed by atoms with E-state index < -0.39 is 4.92 Å². The lowest BCUT2D eigenvalue weighted by Gasteiger charge is -2.16. The number of carbonyl (C=O) groups excluding carboxylic acids is 1. The van der Waals surface area contributed by atoms with Crippen molar-refractivity contribution in [2.24, 2.45) is 0 Å². The number of methoxy groups -OCH3 is 1. The van der Waals surface area contributed by atoms with Crippen LogP contribution in [-0.4, -0.2) is 36.4 Å². The molecule has 7 heteroatoms. The van der Waals surface area contributed by atoms with Crippen molar-refractivity contribution in [3.05, 3.63) is 64.2 Å². The zero-order valence-corrected chi connectivity index (χ0v) is 13.6. The van der Waals surface area contributed by atoms with Gasteiger partial charge in [-0.15, -0.1) is 0 Å². The summed E-state index contributed by atoms with van der Waals surface area (Å²) in [5, 5.41) is 13.4. The van der Waals surface area contributed by atoms with Crippen LogP contribution >= 0.6 is 0 Å². The van der Waals surface area contributed by atoms with Crippen molar-refractivity contribution in [2.75, 3.05) is 26.0 Å². The Labute approximate surface area is 140 Å². The van der Waals surface area contributed by atoms with Gasteiger partial charge in [0.25, 0.3) is 5.69 Å². The second-order valence-electron chi connectivity index (χ2n) is 5.37. The van der Waals surface area contributed by atoms with Gasteiger partial charge in [0.1, 0.15) is 5.75 Å². The van der Waals surface area contributed by atoms with E-state index in [4.69, 9.17) is 4.74 Å². The first kappa shape index (κ1) is 17.4. The molecule has 1 N–H and O–H groups in total. The molecule has 1 amide bonds. The van der Waals surface area contributed by atoms with E-state index >= 15 is 0 Å². The predicted octanol–water partition coefficient (Wildman–Crippen LogP) is 2.67. The molecule has 0 saturated heterocycles. The van der Waals surface area contributed by atoms with Gasteiger partial charge in [-0.1, -0.05) is 12.1 Å². The van der Waals surface area contributed by atoms with E-state index in [-0.39, 0.29) is 18.1 Å². The quantitative estimate of drug-likeness (QED) is 0.623. The van der Waals surface area contributed by atoms with Crippen molar-refractivity contribution in [1.82, 2.24) is 4.90 Å². The zero-order chi connectivity index (χ0) is 17.5. The fourth-order valence-corrected chi connectivity index (χ4v) is 2.21. The third-order valence-electron chi connectivity index (χ3n) is 3.39. The molecule has 0 unspecified atom stereocenters. The lowest BCUT2D eigenvalue weighted by Crippen LogP contribution is -2.29. The van der Waals surface area contributed by atoms with Crippen LogP contribution in [0.5, 0.6) is 5.75 Å². The number of likely N-dealkylation sites (N-methyl/N-ethyl adjacent to an activating group) is 1. The largest absolute Gasteiger partial charge is 0.497 e. The summed E-state index contributed by atoms with van der Waals surface area (Å²) < 4.78 is 5.07. The van der Waals surface area contributed by atoms with Gasteiger partial charge in [0.2, 0.25) is 5.91 Å². The first-order valence-corrected chi connectivity index (χ1v) is 7.33. The highest BCUT2D eigenvalue weighted by molar-refractivity contribution is 5.92. The molecule has 0 aliphatic rings. The van der Waals surface area contributed by atoms with Crippen molar-refractivity contribution in [3.8, 4) is 5.75 Å². The molecule has 0 radical (unpaired) electrons. The second-order valence-corrected chi connectivity index (χ2v) is 5.37. The zero-order valence-electron chi connectivity index (χ0n) is 13.6. The smallest absolute Gasteiger partial charge is 0.269 e. The third-order valence-corrected chi connectivity index (χ3v) is 3.39. The van der Waals surface area contributed by atoms with E-state index in [1.807, 2.05) is 11.9 Å². The molecule has 2 aromatic rings. The van der Waals surface area contributed by atoms with Crippen LogP contribution in [-0.2, 0) is 11.3 Å². The minimum atomic E-state index is -0.435. The highest BCUT2D eigenvalue weighted by Gasteiger charge is 2.09. The van der Waals surface area contributed by atoms with E-state index in [0.29, 0.717) is 12.2 Å². The van der Waals surface area contributed by atoms with Crippen molar-refractivity contribution in [1.29, 1.82) is 0 Å². The fraction of sp³-hybridized carbons (Fsp3) is 0.235. The molecule has 2 aromatic carbocycles. The molecule has 0 aliphatic carbocycles. The summed E-state index contributed by atoms with van der Waals surface area (Å²) in [6.45, 7) is 0.733. The summed E-state index contributed by atoms with van der Waals surface area (Å²) in [4.78, 5) is 24.1. The van der Waals surface area contributed by atoms with Crippen LogP contribution in [0.4, 0.5) is 11.4 Å². The molecule has 0 bridgehead atoms. The monoisotopic (exact) mass is 329 g/mol. The molecule has 7 nitrogen and oxygen atoms in total. The number of ether oxygens (including phenoxy) is 1. The molecule has 24 heavy (non-hydrogen) atoms. The van der Waals surface area contributed by atoms with Crippen LogP contribution in [0.1, 0.15) is 5.56 Å². The van der Waals surface area contributed by atoms with Gasteiger partial charge >= 0.3 is 0 Å². The van der Waals surface area contributed by atoms with E-state index in [9.17, 15) is 14.9 Å². The van der Waals surface area contributed by atoms with Gasteiger partial charge in [-0.3, -0.25) is 19.8 Å². The molecule has 0 saturated carbocycles. The summed E-state index contributed by atoms with van der Waals surface area (Å²) in [5.74, 6) is 0.591. The number of anilines is 1. The van der Waals surface area contributed by atoms with Crippen molar-refractivity contribution in [3.63, 3.8) is 0 Å². The highest BCUT2D eigenvalue weighted by Crippen LogP contribution is 2.15. The number of rotatable bonds is 7. The summed E-state index contributed by atoms with van der Waals surface area (Å²) in [5.41, 5.74) is 1.66. The van der Waals surface area contributed by atoms with Gasteiger partial charge in [0.15, 0.2) is 0 Å². The number of nitrogens with one attached hydrogen (secondary N) is 1. The van der Waals surface area contributed by atoms with E-state index in [1.54, 1.807) is 43.5 Å². The molecule has 0 aromatic heterocycles. The summed E-state index contributed by atoms with van der Waals surface area (Å²) >= 11 is 0. The Bertz CT molecular complexity index is 699. The number of hydrogen-bond donors (Lipinski definition) is 1. The van der Waals surface area contributed by atoms with Crippen LogP contribution in [0.3, 0.4) is 0 Å². The van der Waals surface area contributed by atoms with Gasteiger partial charge in [-0.2, -0.15) is 0 Å². The number of nitro benzene ring substituents is 1. The van der Waals surface area contributed by atoms with Crippen molar-refractivity contribution >= 4 is 17.3 Å². The minimum Gasteiger partial charge on any atom is -0.497 e. The fourth-order valence-electron chi connectivity index (χ4n) is 2.21. The molecule has 0 fully saturated rings. The maximum atomic E-state index is 12.0. The molecule has 0 heterocycles. The minimum absolute atomic E-state index is 0.0543. The average molecular weight is 329 g/mol. The average Bonchev–Trinajstić information content (AvgIpc) is 2.55. The lowest BCUT2D eigenvalue weighted by atomic mass is 10.2. The first-order chi connectivity index (χ1) is 11.5. The van der Waals surface area contributed by atoms with Gasteiger partial charge in [0.05, 0.1) is 18.6 Å². The van der Waals surface area contributed by atoms with E-state index in [1.165, 1.54) is 12.1 Å². The summed E-state index contributed by atoms with van der Waals surface area (Å²) in [7, 11) is 3.40. The Morgan fingerprint density at radius 1 is 1.17 bits per heavy atom. The SMILES string of the molecule is COc1ccc(NC(=O)CN(C)Cc2ccc([N+](=O)[O-])cc2)cc1. The maximum Gasteiger partial charge on any atom is 0.269 e. The topological polar surface area (TPSA) is 84.7 Å². The Morgan fingerprint density at radius 3 is 2.33 bits per heavy atom. The maximum absolute atomic E-state index is 12.0. The number of carbonyl (C=O) groups is 1. The van der Waals surface area contributed by atoms with Gasteiger partial charge < -0.3 is 10.1 Å².